The lowest BCUT2D eigenvalue weighted by atomic mass is 10.0. The monoisotopic (exact) mass is 375 g/mol. The highest BCUT2D eigenvalue weighted by Crippen LogP contribution is 2.31. The molecular weight excluding hydrogens is 351 g/mol. The van der Waals surface area contributed by atoms with Crippen molar-refractivity contribution in [3.8, 4) is 5.88 Å². The Kier molecular flexibility index (Phi) is 6.00. The van der Waals surface area contributed by atoms with Crippen LogP contribution in [0.5, 0.6) is 5.88 Å². The first kappa shape index (κ1) is 20.3. The molecule has 1 saturated heterocycles. The first-order valence-electron chi connectivity index (χ1n) is 8.42. The molecule has 1 atom stereocenters. The summed E-state index contributed by atoms with van der Waals surface area (Å²) in [5.41, 5.74) is -1.35. The van der Waals surface area contributed by atoms with Gasteiger partial charge in [-0.2, -0.15) is 13.2 Å². The third kappa shape index (κ3) is 5.76. The van der Waals surface area contributed by atoms with Crippen molar-refractivity contribution in [2.45, 2.75) is 51.4 Å². The molecule has 1 aromatic rings. The Balaban J connectivity index is 1.96. The van der Waals surface area contributed by atoms with Crippen LogP contribution in [0.3, 0.4) is 0 Å². The van der Waals surface area contributed by atoms with Gasteiger partial charge in [-0.1, -0.05) is 0 Å². The first-order valence-corrected chi connectivity index (χ1v) is 8.42. The summed E-state index contributed by atoms with van der Waals surface area (Å²) in [6.45, 7) is 6.82. The average Bonchev–Trinajstić information content (AvgIpc) is 2.51. The summed E-state index contributed by atoms with van der Waals surface area (Å²) < 4.78 is 43.7. The van der Waals surface area contributed by atoms with Crippen molar-refractivity contribution >= 4 is 6.09 Å². The van der Waals surface area contributed by atoms with Gasteiger partial charge in [0.05, 0.1) is 5.56 Å². The molecule has 0 bridgehead atoms. The summed E-state index contributed by atoms with van der Waals surface area (Å²) in [6.07, 6.45) is -3.64. The van der Waals surface area contributed by atoms with Gasteiger partial charge < -0.3 is 20.1 Å². The molecule has 1 aliphatic heterocycles. The van der Waals surface area contributed by atoms with Crippen LogP contribution in [-0.2, 0) is 17.3 Å². The van der Waals surface area contributed by atoms with Crippen molar-refractivity contribution in [1.82, 2.24) is 15.2 Å². The molecule has 0 spiro atoms. The Morgan fingerprint density at radius 3 is 2.73 bits per heavy atom. The van der Waals surface area contributed by atoms with Crippen molar-refractivity contribution < 1.29 is 27.8 Å². The van der Waals surface area contributed by atoms with E-state index in [4.69, 9.17) is 4.74 Å². The molecule has 26 heavy (non-hydrogen) atoms. The number of ether oxygens (including phenoxy) is 1. The van der Waals surface area contributed by atoms with E-state index in [9.17, 15) is 23.1 Å². The maximum absolute atomic E-state index is 12.8. The Morgan fingerprint density at radius 1 is 1.42 bits per heavy atom. The van der Waals surface area contributed by atoms with Crippen molar-refractivity contribution in [1.29, 1.82) is 0 Å². The number of pyridine rings is 1. The van der Waals surface area contributed by atoms with Crippen LogP contribution in [0, 0.1) is 0 Å². The number of rotatable bonds is 3. The number of nitrogens with one attached hydrogen (secondary N) is 1. The number of aryl methyl sites for hydroxylation is 1. The highest BCUT2D eigenvalue weighted by atomic mass is 19.4. The molecule has 0 unspecified atom stereocenters. The number of aromatic hydroxyl groups is 1. The third-order valence-electron chi connectivity index (χ3n) is 3.94. The third-order valence-corrected chi connectivity index (χ3v) is 3.94. The fourth-order valence-electron chi connectivity index (χ4n) is 2.68. The number of carbonyl (C=O) groups excluding carboxylic acids is 1. The minimum absolute atomic E-state index is 0.106. The second-order valence-electron chi connectivity index (χ2n) is 7.32. The Morgan fingerprint density at radius 2 is 2.12 bits per heavy atom. The van der Waals surface area contributed by atoms with Crippen LogP contribution < -0.4 is 5.32 Å². The zero-order chi connectivity index (χ0) is 19.5. The molecule has 1 amide bonds. The maximum atomic E-state index is 12.8. The normalized spacial score (nSPS) is 18.7. The average molecular weight is 375 g/mol. The van der Waals surface area contributed by atoms with Gasteiger partial charge in [0, 0.05) is 37.4 Å². The molecule has 1 aliphatic rings. The summed E-state index contributed by atoms with van der Waals surface area (Å²) >= 11 is 0. The van der Waals surface area contributed by atoms with Gasteiger partial charge in [0.2, 0.25) is 5.88 Å². The Bertz CT molecular complexity index is 644. The highest BCUT2D eigenvalue weighted by Gasteiger charge is 2.32. The predicted molar refractivity (Wildman–Crippen MR) is 88.8 cm³/mol. The van der Waals surface area contributed by atoms with Crippen LogP contribution in [0.4, 0.5) is 18.0 Å². The predicted octanol–water partition coefficient (Wildman–Crippen LogP) is 2.95. The van der Waals surface area contributed by atoms with Crippen LogP contribution in [-0.4, -0.2) is 52.4 Å². The lowest BCUT2D eigenvalue weighted by molar-refractivity contribution is -0.137. The number of halogens is 3. The van der Waals surface area contributed by atoms with Gasteiger partial charge in [-0.05, 0) is 39.7 Å². The van der Waals surface area contributed by atoms with Crippen LogP contribution in [0.15, 0.2) is 12.3 Å². The zero-order valence-corrected chi connectivity index (χ0v) is 15.1. The molecule has 1 fully saturated rings. The number of nitrogens with zero attached hydrogens (tertiary/aromatic N) is 2. The van der Waals surface area contributed by atoms with Crippen LogP contribution in [0.25, 0.3) is 0 Å². The largest absolute Gasteiger partial charge is 0.493 e. The smallest absolute Gasteiger partial charge is 0.417 e. The van der Waals surface area contributed by atoms with Crippen LogP contribution >= 0.6 is 0 Å². The summed E-state index contributed by atoms with van der Waals surface area (Å²) in [5, 5.41) is 12.9. The molecule has 2 rings (SSSR count). The fourth-order valence-corrected chi connectivity index (χ4v) is 2.68. The van der Waals surface area contributed by atoms with Crippen molar-refractivity contribution in [3.63, 3.8) is 0 Å². The van der Waals surface area contributed by atoms with E-state index in [1.54, 1.807) is 25.7 Å². The first-order chi connectivity index (χ1) is 12.0. The molecule has 2 N–H and O–H groups in total. The molecule has 2 heterocycles. The highest BCUT2D eigenvalue weighted by molar-refractivity contribution is 5.68. The molecule has 6 nitrogen and oxygen atoms in total. The second kappa shape index (κ2) is 7.69. The van der Waals surface area contributed by atoms with Gasteiger partial charge in [0.15, 0.2) is 0 Å². The quantitative estimate of drug-likeness (QED) is 0.850. The van der Waals surface area contributed by atoms with Crippen molar-refractivity contribution in [2.75, 3.05) is 19.6 Å². The number of alkyl halides is 3. The minimum Gasteiger partial charge on any atom is -0.493 e. The van der Waals surface area contributed by atoms with Gasteiger partial charge >= 0.3 is 12.3 Å². The summed E-state index contributed by atoms with van der Waals surface area (Å²) in [6, 6.07) is 0.807. The molecule has 0 aromatic carbocycles. The van der Waals surface area contributed by atoms with Crippen LogP contribution in [0.1, 0.15) is 38.3 Å². The van der Waals surface area contributed by atoms with E-state index in [1.165, 1.54) is 0 Å². The number of aromatic nitrogens is 1. The van der Waals surface area contributed by atoms with Gasteiger partial charge in [0.1, 0.15) is 5.60 Å². The molecule has 0 aliphatic carbocycles. The molecule has 146 valence electrons. The molecule has 0 saturated carbocycles. The second-order valence-corrected chi connectivity index (χ2v) is 7.32. The SMILES string of the molecule is CC(C)(C)OC(=O)N1CCN[C@H](CCc2cc(C(F)(F)F)cnc2O)C1. The lowest BCUT2D eigenvalue weighted by Gasteiger charge is -2.35. The lowest BCUT2D eigenvalue weighted by Crippen LogP contribution is -2.53. The van der Waals surface area contributed by atoms with Gasteiger partial charge in [-0.25, -0.2) is 9.78 Å². The minimum atomic E-state index is -4.51. The van der Waals surface area contributed by atoms with E-state index in [0.29, 0.717) is 32.3 Å². The Labute approximate surface area is 150 Å². The molecular formula is C17H24F3N3O3. The van der Waals surface area contributed by atoms with E-state index in [2.05, 4.69) is 10.3 Å². The number of piperazine rings is 1. The number of amides is 1. The number of carbonyl (C=O) groups is 1. The Hall–Kier alpha value is -2.03. The van der Waals surface area contributed by atoms with E-state index in [-0.39, 0.29) is 18.0 Å². The number of hydrogen-bond donors (Lipinski definition) is 2. The summed E-state index contributed by atoms with van der Waals surface area (Å²) in [7, 11) is 0. The van der Waals surface area contributed by atoms with Crippen molar-refractivity contribution in [3.05, 3.63) is 23.4 Å². The number of hydrogen-bond acceptors (Lipinski definition) is 5. The van der Waals surface area contributed by atoms with Gasteiger partial charge in [-0.3, -0.25) is 0 Å². The van der Waals surface area contributed by atoms with Crippen LogP contribution in [0.2, 0.25) is 0 Å². The van der Waals surface area contributed by atoms with Gasteiger partial charge in [-0.15, -0.1) is 0 Å². The molecule has 9 heteroatoms. The molecule has 1 aromatic heterocycles. The van der Waals surface area contributed by atoms with E-state index < -0.39 is 29.3 Å². The van der Waals surface area contributed by atoms with E-state index in [0.717, 1.165) is 6.07 Å². The maximum Gasteiger partial charge on any atom is 0.417 e. The zero-order valence-electron chi connectivity index (χ0n) is 15.1. The fraction of sp³-hybridized carbons (Fsp3) is 0.647. The molecule has 0 radical (unpaired) electrons. The van der Waals surface area contributed by atoms with Crippen molar-refractivity contribution in [2.24, 2.45) is 0 Å². The topological polar surface area (TPSA) is 74.7 Å². The van der Waals surface area contributed by atoms with Gasteiger partial charge in [0.25, 0.3) is 0 Å². The van der Waals surface area contributed by atoms with E-state index >= 15 is 0 Å². The van der Waals surface area contributed by atoms with E-state index in [1.807, 2.05) is 0 Å². The summed E-state index contributed by atoms with van der Waals surface area (Å²) in [5.74, 6) is -0.405. The summed E-state index contributed by atoms with van der Waals surface area (Å²) in [4.78, 5) is 17.1. The standard InChI is InChI=1S/C17H24F3N3O3/c1-16(2,3)26-15(25)23-7-6-21-13(10-23)5-4-11-8-12(17(18,19)20)9-22-14(11)24/h8-9,13,21H,4-7,10H2,1-3H3,(H,22,24)/t13-/m1/s1.